The van der Waals surface area contributed by atoms with Gasteiger partial charge in [0, 0.05) is 5.56 Å². The number of anilines is 1. The van der Waals surface area contributed by atoms with Crippen molar-refractivity contribution in [3.8, 4) is 16.8 Å². The number of carbonyl (C=O) groups is 2. The SMILES string of the molecule is CC(OC(=O)Nc1c(C(F)(F)F)cnn1-c1ccc(-c2ccc(C3(C(=O)O)CC3)cc2F)cc1)c1ccccc1. The maximum absolute atomic E-state index is 15.0. The van der Waals surface area contributed by atoms with E-state index < -0.39 is 47.0 Å². The molecule has 11 heteroatoms. The number of rotatable bonds is 7. The molecule has 3 aromatic carbocycles. The lowest BCUT2D eigenvalue weighted by atomic mass is 9.93. The fourth-order valence-electron chi connectivity index (χ4n) is 4.53. The average Bonchev–Trinajstić information content (AvgIpc) is 3.63. The zero-order valence-corrected chi connectivity index (χ0v) is 21.1. The lowest BCUT2D eigenvalue weighted by Crippen LogP contribution is -2.20. The fraction of sp³-hybridized carbons (Fsp3) is 0.207. The van der Waals surface area contributed by atoms with E-state index in [4.69, 9.17) is 4.74 Å². The Labute approximate surface area is 226 Å². The Kier molecular flexibility index (Phi) is 6.82. The third-order valence-electron chi connectivity index (χ3n) is 6.95. The van der Waals surface area contributed by atoms with Crippen LogP contribution in [0.5, 0.6) is 0 Å². The first kappa shape index (κ1) is 26.9. The normalized spacial score (nSPS) is 14.8. The van der Waals surface area contributed by atoms with Gasteiger partial charge in [0.05, 0.1) is 17.3 Å². The number of benzene rings is 3. The van der Waals surface area contributed by atoms with Crippen molar-refractivity contribution < 1.29 is 37.0 Å². The Morgan fingerprint density at radius 3 is 2.30 bits per heavy atom. The lowest BCUT2D eigenvalue weighted by molar-refractivity contribution is -0.140. The Morgan fingerprint density at radius 1 is 1.05 bits per heavy atom. The predicted molar refractivity (Wildman–Crippen MR) is 137 cm³/mol. The van der Waals surface area contributed by atoms with Crippen LogP contribution in [0.1, 0.15) is 42.6 Å². The van der Waals surface area contributed by atoms with Crippen LogP contribution >= 0.6 is 0 Å². The topological polar surface area (TPSA) is 93.5 Å². The molecular formula is C29H23F4N3O4. The van der Waals surface area contributed by atoms with E-state index in [0.29, 0.717) is 35.7 Å². The van der Waals surface area contributed by atoms with Gasteiger partial charge in [-0.1, -0.05) is 54.6 Å². The molecule has 206 valence electrons. The first-order chi connectivity index (χ1) is 19.0. The van der Waals surface area contributed by atoms with Crippen LogP contribution in [-0.2, 0) is 21.1 Å². The number of amides is 1. The Balaban J connectivity index is 1.40. The van der Waals surface area contributed by atoms with Crippen molar-refractivity contribution in [3.05, 3.63) is 102 Å². The van der Waals surface area contributed by atoms with Gasteiger partial charge in [-0.05, 0) is 54.7 Å². The summed E-state index contributed by atoms with van der Waals surface area (Å²) in [6.07, 6.45) is -5.16. The number of aromatic nitrogens is 2. The van der Waals surface area contributed by atoms with Gasteiger partial charge < -0.3 is 9.84 Å². The minimum absolute atomic E-state index is 0.172. The molecule has 1 aromatic heterocycles. The van der Waals surface area contributed by atoms with Gasteiger partial charge in [-0.25, -0.2) is 13.9 Å². The van der Waals surface area contributed by atoms with Crippen LogP contribution in [0, 0.1) is 5.82 Å². The van der Waals surface area contributed by atoms with E-state index >= 15 is 0 Å². The Hall–Kier alpha value is -4.67. The third kappa shape index (κ3) is 5.14. The van der Waals surface area contributed by atoms with E-state index in [0.717, 1.165) is 4.68 Å². The van der Waals surface area contributed by atoms with Crippen LogP contribution < -0.4 is 5.32 Å². The maximum atomic E-state index is 15.0. The van der Waals surface area contributed by atoms with Crippen molar-refractivity contribution in [1.82, 2.24) is 9.78 Å². The van der Waals surface area contributed by atoms with Crippen molar-refractivity contribution in [2.24, 2.45) is 0 Å². The highest BCUT2D eigenvalue weighted by molar-refractivity contribution is 5.86. The number of hydrogen-bond acceptors (Lipinski definition) is 4. The van der Waals surface area contributed by atoms with Crippen LogP contribution in [-0.4, -0.2) is 26.9 Å². The number of ether oxygens (including phenoxy) is 1. The molecule has 0 aliphatic heterocycles. The highest BCUT2D eigenvalue weighted by atomic mass is 19.4. The largest absolute Gasteiger partial charge is 0.481 e. The fourth-order valence-corrected chi connectivity index (χ4v) is 4.53. The molecule has 1 aliphatic carbocycles. The van der Waals surface area contributed by atoms with Gasteiger partial charge in [-0.15, -0.1) is 0 Å². The molecule has 1 unspecified atom stereocenters. The van der Waals surface area contributed by atoms with Crippen LogP contribution in [0.4, 0.5) is 28.2 Å². The molecule has 0 radical (unpaired) electrons. The molecule has 4 aromatic rings. The molecule has 40 heavy (non-hydrogen) atoms. The number of nitrogens with one attached hydrogen (secondary N) is 1. The van der Waals surface area contributed by atoms with E-state index in [1.165, 1.54) is 36.4 Å². The summed E-state index contributed by atoms with van der Waals surface area (Å²) in [6.45, 7) is 1.59. The van der Waals surface area contributed by atoms with Crippen molar-refractivity contribution in [3.63, 3.8) is 0 Å². The molecule has 1 fully saturated rings. The van der Waals surface area contributed by atoms with E-state index in [1.807, 2.05) is 0 Å². The number of hydrogen-bond donors (Lipinski definition) is 2. The summed E-state index contributed by atoms with van der Waals surface area (Å²) < 4.78 is 62.3. The molecule has 1 aliphatic rings. The average molecular weight is 554 g/mol. The monoisotopic (exact) mass is 553 g/mol. The van der Waals surface area contributed by atoms with E-state index in [9.17, 15) is 32.3 Å². The summed E-state index contributed by atoms with van der Waals surface area (Å²) in [7, 11) is 0. The predicted octanol–water partition coefficient (Wildman–Crippen LogP) is 7.12. The first-order valence-electron chi connectivity index (χ1n) is 12.3. The summed E-state index contributed by atoms with van der Waals surface area (Å²) >= 11 is 0. The summed E-state index contributed by atoms with van der Waals surface area (Å²) in [5.41, 5.74) is -0.387. The minimum Gasteiger partial charge on any atom is -0.481 e. The van der Waals surface area contributed by atoms with Crippen molar-refractivity contribution in [1.29, 1.82) is 0 Å². The molecule has 1 atom stereocenters. The van der Waals surface area contributed by atoms with Crippen molar-refractivity contribution in [2.45, 2.75) is 37.5 Å². The molecule has 2 N–H and O–H groups in total. The summed E-state index contributed by atoms with van der Waals surface area (Å²) in [4.78, 5) is 24.1. The molecule has 1 heterocycles. The number of carbonyl (C=O) groups excluding carboxylic acids is 1. The molecule has 7 nitrogen and oxygen atoms in total. The molecule has 1 saturated carbocycles. The van der Waals surface area contributed by atoms with Gasteiger partial charge >= 0.3 is 18.2 Å². The quantitative estimate of drug-likeness (QED) is 0.238. The molecule has 0 bridgehead atoms. The summed E-state index contributed by atoms with van der Waals surface area (Å²) in [5.74, 6) is -2.25. The standard InChI is InChI=1S/C29H23F4N3O4/c1-17(18-5-3-2-4-6-18)40-27(39)35-25-23(29(31,32)33)16-34-36(25)21-10-7-19(8-11-21)22-12-9-20(15-24(22)30)28(13-14-28)26(37)38/h2-12,15-17H,13-14H2,1H3,(H,35,39)(H,37,38). The van der Waals surface area contributed by atoms with Crippen molar-refractivity contribution >= 4 is 17.9 Å². The zero-order valence-electron chi connectivity index (χ0n) is 21.1. The van der Waals surface area contributed by atoms with Crippen LogP contribution in [0.15, 0.2) is 79.0 Å². The maximum Gasteiger partial charge on any atom is 0.421 e. The molecule has 5 rings (SSSR count). The molecular weight excluding hydrogens is 530 g/mol. The van der Waals surface area contributed by atoms with Gasteiger partial charge in [-0.2, -0.15) is 18.3 Å². The Bertz CT molecular complexity index is 1560. The van der Waals surface area contributed by atoms with E-state index in [1.54, 1.807) is 43.3 Å². The van der Waals surface area contributed by atoms with Crippen molar-refractivity contribution in [2.75, 3.05) is 5.32 Å². The summed E-state index contributed by atoms with van der Waals surface area (Å²) in [5, 5.41) is 15.5. The number of nitrogens with zero attached hydrogens (tertiary/aromatic N) is 2. The van der Waals surface area contributed by atoms with Gasteiger partial charge in [0.25, 0.3) is 0 Å². The second-order valence-corrected chi connectivity index (χ2v) is 9.53. The van der Waals surface area contributed by atoms with Gasteiger partial charge in [0.1, 0.15) is 17.5 Å². The van der Waals surface area contributed by atoms with Crippen LogP contribution in [0.2, 0.25) is 0 Å². The zero-order chi connectivity index (χ0) is 28.7. The lowest BCUT2D eigenvalue weighted by Gasteiger charge is -2.16. The second-order valence-electron chi connectivity index (χ2n) is 9.53. The number of alkyl halides is 3. The number of carboxylic acid groups (broad SMARTS) is 1. The van der Waals surface area contributed by atoms with Gasteiger partial charge in [0.2, 0.25) is 0 Å². The highest BCUT2D eigenvalue weighted by Gasteiger charge is 2.52. The molecule has 0 spiro atoms. The second kappa shape index (κ2) is 10.1. The smallest absolute Gasteiger partial charge is 0.421 e. The highest BCUT2D eigenvalue weighted by Crippen LogP contribution is 2.49. The third-order valence-corrected chi connectivity index (χ3v) is 6.95. The van der Waals surface area contributed by atoms with E-state index in [-0.39, 0.29) is 11.3 Å². The van der Waals surface area contributed by atoms with Crippen LogP contribution in [0.3, 0.4) is 0 Å². The first-order valence-corrected chi connectivity index (χ1v) is 12.3. The Morgan fingerprint density at radius 2 is 1.73 bits per heavy atom. The van der Waals surface area contributed by atoms with Crippen LogP contribution in [0.25, 0.3) is 16.8 Å². The number of aliphatic carboxylic acids is 1. The van der Waals surface area contributed by atoms with E-state index in [2.05, 4.69) is 10.4 Å². The number of carboxylic acids is 1. The van der Waals surface area contributed by atoms with Gasteiger partial charge in [-0.3, -0.25) is 10.1 Å². The number of halogens is 4. The molecule has 0 saturated heterocycles. The molecule has 1 amide bonds. The minimum atomic E-state index is -4.81. The summed E-state index contributed by atoms with van der Waals surface area (Å²) in [6, 6.07) is 18.8. The van der Waals surface area contributed by atoms with Gasteiger partial charge in [0.15, 0.2) is 5.82 Å².